The van der Waals surface area contributed by atoms with Crippen LogP contribution in [0.15, 0.2) is 72.8 Å². The van der Waals surface area contributed by atoms with Crippen LogP contribution in [0.1, 0.15) is 99.9 Å². The summed E-state index contributed by atoms with van der Waals surface area (Å²) in [4.78, 5) is 0. The summed E-state index contributed by atoms with van der Waals surface area (Å²) in [7, 11) is 0. The summed E-state index contributed by atoms with van der Waals surface area (Å²) >= 11 is -0.489. The first kappa shape index (κ1) is 37.9. The van der Waals surface area contributed by atoms with Gasteiger partial charge in [0.2, 0.25) is 0 Å². The third kappa shape index (κ3) is 9.87. The Balaban J connectivity index is 0.000000293. The van der Waals surface area contributed by atoms with E-state index >= 15 is 0 Å². The molecule has 6 radical (unpaired) electrons. The maximum absolute atomic E-state index is 2.33. The Bertz CT molecular complexity index is 1120. The van der Waals surface area contributed by atoms with Gasteiger partial charge in [0.15, 0.2) is 0 Å². The Morgan fingerprint density at radius 2 is 0.442 bits per heavy atom. The molecule has 0 spiro atoms. The van der Waals surface area contributed by atoms with Gasteiger partial charge in [-0.25, -0.2) is 0 Å². The molecular formula is C40H52Ge2Te. The first-order chi connectivity index (χ1) is 20.5. The maximum atomic E-state index is 2.33. The second-order valence-corrected chi connectivity index (χ2v) is 16.1. The smallest absolute Gasteiger partial charge is 0 e. The second kappa shape index (κ2) is 20.0. The number of rotatable bonds is 12. The number of hydrogen-bond acceptors (Lipinski definition) is 0. The molecule has 0 aromatic heterocycles. The molecule has 0 aliphatic heterocycles. The molecule has 4 aromatic carbocycles. The van der Waals surface area contributed by atoms with Gasteiger partial charge in [0, 0.05) is 23.7 Å². The predicted molar refractivity (Wildman–Crippen MR) is 197 cm³/mol. The first-order valence-corrected chi connectivity index (χ1v) is 20.7. The average Bonchev–Trinajstić information content (AvgIpc) is 3.05. The molecule has 0 saturated heterocycles. The molecule has 226 valence electrons. The summed E-state index contributed by atoms with van der Waals surface area (Å²) in [6.45, 7) is 18.3. The normalized spacial score (nSPS) is 10.6. The number of hydrogen-bond donors (Lipinski definition) is 0. The van der Waals surface area contributed by atoms with Crippen molar-refractivity contribution in [2.75, 3.05) is 0 Å². The van der Waals surface area contributed by atoms with E-state index in [4.69, 9.17) is 0 Å². The molecule has 4 aromatic rings. The standard InChI is InChI=1S/2C20H26Ge.Te/c2*1-5-15-11-9-12-16(6-2)19(15)21-20-17(7-3)13-10-14-18(20)8-4;/h2*9-14H,5-8H2,1-4H3;. The molecule has 0 N–H and O–H groups in total. The molecule has 43 heavy (non-hydrogen) atoms. The van der Waals surface area contributed by atoms with E-state index < -0.39 is 0 Å². The van der Waals surface area contributed by atoms with Gasteiger partial charge in [0.25, 0.3) is 0 Å². The summed E-state index contributed by atoms with van der Waals surface area (Å²) in [5, 5.41) is 0. The van der Waals surface area contributed by atoms with Crippen LogP contribution in [0, 0.1) is 0 Å². The van der Waals surface area contributed by atoms with Crippen molar-refractivity contribution in [3.05, 3.63) is 117 Å². The predicted octanol–water partition coefficient (Wildman–Crippen LogP) is 6.80. The Kier molecular flexibility index (Phi) is 17.6. The van der Waals surface area contributed by atoms with Crippen molar-refractivity contribution in [3.63, 3.8) is 0 Å². The van der Waals surface area contributed by atoms with Crippen molar-refractivity contribution in [1.29, 1.82) is 0 Å². The molecule has 0 atom stereocenters. The fourth-order valence-corrected chi connectivity index (χ4v) is 14.0. The zero-order valence-corrected chi connectivity index (χ0v) is 34.5. The zero-order chi connectivity index (χ0) is 30.5. The van der Waals surface area contributed by atoms with Crippen molar-refractivity contribution in [1.82, 2.24) is 0 Å². The quantitative estimate of drug-likeness (QED) is 0.138. The molecule has 4 rings (SSSR count). The van der Waals surface area contributed by atoms with E-state index in [2.05, 4.69) is 128 Å². The molecule has 0 aliphatic carbocycles. The van der Waals surface area contributed by atoms with Gasteiger partial charge in [-0.15, -0.1) is 0 Å². The van der Waals surface area contributed by atoms with Crippen LogP contribution in [0.3, 0.4) is 0 Å². The minimum atomic E-state index is -0.245. The van der Waals surface area contributed by atoms with Crippen molar-refractivity contribution in [3.8, 4) is 0 Å². The van der Waals surface area contributed by atoms with Crippen LogP contribution in [0.25, 0.3) is 0 Å². The molecule has 0 amide bonds. The molecule has 0 saturated carbocycles. The van der Waals surface area contributed by atoms with E-state index in [1.165, 1.54) is 0 Å². The fraction of sp³-hybridized carbons (Fsp3) is 0.400. The molecule has 0 heterocycles. The van der Waals surface area contributed by atoms with E-state index in [1.54, 1.807) is 62.1 Å². The minimum absolute atomic E-state index is 0. The summed E-state index contributed by atoms with van der Waals surface area (Å²) in [6.07, 6.45) is 9.24. The maximum Gasteiger partial charge on any atom is 0 e. The number of aryl methyl sites for hydroxylation is 8. The summed E-state index contributed by atoms with van der Waals surface area (Å²) in [6, 6.07) is 27.6. The van der Waals surface area contributed by atoms with Gasteiger partial charge >= 0.3 is 273 Å². The first-order valence-electron chi connectivity index (χ1n) is 16.5. The fourth-order valence-electron chi connectivity index (χ4n) is 5.86. The van der Waals surface area contributed by atoms with Crippen molar-refractivity contribution in [2.45, 2.75) is 107 Å². The number of benzene rings is 4. The molecule has 3 heteroatoms. The second-order valence-electron chi connectivity index (χ2n) is 10.9. The summed E-state index contributed by atoms with van der Waals surface area (Å²) in [5.74, 6) is 0. The van der Waals surface area contributed by atoms with Gasteiger partial charge in [-0.1, -0.05) is 0 Å². The Morgan fingerprint density at radius 3 is 0.558 bits per heavy atom. The third-order valence-electron chi connectivity index (χ3n) is 8.50. The molecular weight excluding hydrogens is 753 g/mol. The third-order valence-corrected chi connectivity index (χ3v) is 16.0. The van der Waals surface area contributed by atoms with Crippen LogP contribution in [0.5, 0.6) is 0 Å². The van der Waals surface area contributed by atoms with Gasteiger partial charge in [0.1, 0.15) is 0 Å². The molecule has 0 unspecified atom stereocenters. The van der Waals surface area contributed by atoms with Crippen molar-refractivity contribution >= 4 is 72.1 Å². The van der Waals surface area contributed by atoms with E-state index in [0.717, 1.165) is 51.4 Å². The summed E-state index contributed by atoms with van der Waals surface area (Å²) in [5.41, 5.74) is 12.6. The summed E-state index contributed by atoms with van der Waals surface area (Å²) < 4.78 is 6.77. The van der Waals surface area contributed by atoms with Crippen LogP contribution >= 0.6 is 0 Å². The van der Waals surface area contributed by atoms with E-state index in [1.807, 2.05) is 0 Å². The van der Waals surface area contributed by atoms with Gasteiger partial charge in [-0.05, 0) is 0 Å². The Morgan fingerprint density at radius 1 is 0.302 bits per heavy atom. The molecule has 0 nitrogen and oxygen atoms in total. The average molecular weight is 806 g/mol. The van der Waals surface area contributed by atoms with Crippen molar-refractivity contribution < 1.29 is 0 Å². The minimum Gasteiger partial charge on any atom is 0 e. The molecule has 0 bridgehead atoms. The SMILES string of the molecule is CCc1cccc(CC)[c]1[Ge][c]1c(CC)cccc1CC.CCc1cccc(CC)[c]1[Ge][c]1c(CC)cccc1CC.[Te]. The van der Waals surface area contributed by atoms with Crippen molar-refractivity contribution in [2.24, 2.45) is 0 Å². The van der Waals surface area contributed by atoms with Gasteiger partial charge in [0.05, 0.1) is 0 Å². The van der Waals surface area contributed by atoms with Crippen LogP contribution < -0.4 is 17.6 Å². The Hall–Kier alpha value is -1.24. The van der Waals surface area contributed by atoms with E-state index in [9.17, 15) is 0 Å². The molecule has 0 aliphatic rings. The van der Waals surface area contributed by atoms with Crippen LogP contribution in [-0.4, -0.2) is 54.5 Å². The van der Waals surface area contributed by atoms with Crippen LogP contribution in [-0.2, 0) is 51.4 Å². The monoisotopic (exact) mass is 810 g/mol. The topological polar surface area (TPSA) is 0 Å². The van der Waals surface area contributed by atoms with Gasteiger partial charge < -0.3 is 0 Å². The van der Waals surface area contributed by atoms with E-state index in [0.29, 0.717) is 0 Å². The van der Waals surface area contributed by atoms with Crippen LogP contribution in [0.4, 0.5) is 0 Å². The van der Waals surface area contributed by atoms with Gasteiger partial charge in [-0.3, -0.25) is 0 Å². The zero-order valence-electron chi connectivity index (χ0n) is 28.0. The molecule has 0 fully saturated rings. The van der Waals surface area contributed by atoms with Gasteiger partial charge in [-0.2, -0.15) is 0 Å². The largest absolute Gasteiger partial charge is 0 e. The Labute approximate surface area is 293 Å². The van der Waals surface area contributed by atoms with Crippen LogP contribution in [0.2, 0.25) is 0 Å². The van der Waals surface area contributed by atoms with E-state index in [-0.39, 0.29) is 54.5 Å².